The second kappa shape index (κ2) is 14.7. The molecule has 9 heteroatoms. The van der Waals surface area contributed by atoms with Crippen molar-refractivity contribution in [3.63, 3.8) is 0 Å². The second-order valence-electron chi connectivity index (χ2n) is 9.45. The largest absolute Gasteiger partial charge is 0.445 e. The maximum absolute atomic E-state index is 13.2. The number of nitrogens with zero attached hydrogens (tertiary/aromatic N) is 2. The molecule has 9 nitrogen and oxygen atoms in total. The Morgan fingerprint density at radius 2 is 1.55 bits per heavy atom. The SMILES string of the molecule is O=C(C[C@H](NC(=O)OCc1ccccc1)[C@H](CCCO)OCc1ccccc1)Cn1cnc2ccccc2c1=O. The highest BCUT2D eigenvalue weighted by Gasteiger charge is 2.27. The molecule has 2 atom stereocenters. The van der Waals surface area contributed by atoms with Crippen LogP contribution in [0.4, 0.5) is 4.79 Å². The number of aliphatic hydroxyl groups is 1. The molecule has 0 saturated carbocycles. The molecule has 1 aromatic heterocycles. The molecule has 0 aliphatic rings. The lowest BCUT2D eigenvalue weighted by Gasteiger charge is -2.28. The molecule has 4 rings (SSSR count). The first-order valence-electron chi connectivity index (χ1n) is 13.2. The number of amides is 1. The summed E-state index contributed by atoms with van der Waals surface area (Å²) in [4.78, 5) is 43.2. The van der Waals surface area contributed by atoms with Crippen LogP contribution in [0.1, 0.15) is 30.4 Å². The van der Waals surface area contributed by atoms with Crippen LogP contribution >= 0.6 is 0 Å². The highest BCUT2D eigenvalue weighted by Crippen LogP contribution is 2.16. The zero-order valence-electron chi connectivity index (χ0n) is 22.1. The van der Waals surface area contributed by atoms with Crippen LogP contribution in [0.2, 0.25) is 0 Å². The molecule has 0 aliphatic carbocycles. The van der Waals surface area contributed by atoms with Crippen molar-refractivity contribution < 1.29 is 24.2 Å². The number of carbonyl (C=O) groups excluding carboxylic acids is 2. The van der Waals surface area contributed by atoms with Crippen LogP contribution in [-0.2, 0) is 34.0 Å². The summed E-state index contributed by atoms with van der Waals surface area (Å²) < 4.78 is 12.9. The number of hydrogen-bond donors (Lipinski definition) is 2. The van der Waals surface area contributed by atoms with Crippen LogP contribution in [0.25, 0.3) is 10.9 Å². The van der Waals surface area contributed by atoms with Crippen LogP contribution in [-0.4, -0.2) is 45.3 Å². The zero-order chi connectivity index (χ0) is 28.2. The molecule has 2 N–H and O–H groups in total. The van der Waals surface area contributed by atoms with Crippen molar-refractivity contribution in [2.24, 2.45) is 0 Å². The van der Waals surface area contributed by atoms with E-state index in [-0.39, 0.29) is 44.1 Å². The first-order chi connectivity index (χ1) is 19.5. The predicted octanol–water partition coefficient (Wildman–Crippen LogP) is 4.01. The Labute approximate surface area is 232 Å². The normalized spacial score (nSPS) is 12.5. The van der Waals surface area contributed by atoms with E-state index in [0.29, 0.717) is 23.7 Å². The Balaban J connectivity index is 1.49. The van der Waals surface area contributed by atoms with Crippen molar-refractivity contribution >= 4 is 22.8 Å². The standard InChI is InChI=1S/C31H33N3O6/c35-17-9-16-29(39-20-23-10-3-1-4-11-23)28(33-31(38)40-21-24-12-5-2-6-13-24)18-25(36)19-34-22-32-27-15-8-7-14-26(27)30(34)37/h1-8,10-15,22,28-29,35H,9,16-21H2,(H,33,38)/t28-,29-/m0/s1. The average Bonchev–Trinajstić information content (AvgIpc) is 2.98. The molecule has 0 saturated heterocycles. The lowest BCUT2D eigenvalue weighted by Crippen LogP contribution is -2.46. The van der Waals surface area contributed by atoms with Crippen molar-refractivity contribution in [1.29, 1.82) is 0 Å². The molecule has 0 spiro atoms. The van der Waals surface area contributed by atoms with Gasteiger partial charge in [0, 0.05) is 13.0 Å². The maximum Gasteiger partial charge on any atom is 0.407 e. The Morgan fingerprint density at radius 1 is 0.900 bits per heavy atom. The minimum absolute atomic E-state index is 0.0670. The van der Waals surface area contributed by atoms with Gasteiger partial charge in [0.1, 0.15) is 6.61 Å². The maximum atomic E-state index is 13.2. The summed E-state index contributed by atoms with van der Waals surface area (Å²) in [6.07, 6.45) is 0.783. The lowest BCUT2D eigenvalue weighted by atomic mass is 10.00. The zero-order valence-corrected chi connectivity index (χ0v) is 22.1. The smallest absolute Gasteiger partial charge is 0.407 e. The third kappa shape index (κ3) is 8.33. The number of fused-ring (bicyclic) bond motifs is 1. The van der Waals surface area contributed by atoms with E-state index in [9.17, 15) is 19.5 Å². The lowest BCUT2D eigenvalue weighted by molar-refractivity contribution is -0.121. The fourth-order valence-corrected chi connectivity index (χ4v) is 4.38. The van der Waals surface area contributed by atoms with Crippen molar-refractivity contribution in [1.82, 2.24) is 14.9 Å². The molecule has 208 valence electrons. The number of alkyl carbamates (subject to hydrolysis) is 1. The number of aromatic nitrogens is 2. The molecular formula is C31H33N3O6. The highest BCUT2D eigenvalue weighted by molar-refractivity contribution is 5.81. The van der Waals surface area contributed by atoms with Crippen molar-refractivity contribution in [2.75, 3.05) is 6.61 Å². The molecule has 0 aliphatic heterocycles. The number of Topliss-reactive ketones (excluding diaryl/α,β-unsaturated/α-hetero) is 1. The van der Waals surface area contributed by atoms with Crippen molar-refractivity contribution in [3.05, 3.63) is 113 Å². The summed E-state index contributed by atoms with van der Waals surface area (Å²) in [5.41, 5.74) is 1.99. The average molecular weight is 544 g/mol. The number of para-hydroxylation sites is 1. The Bertz CT molecular complexity index is 1440. The van der Waals surface area contributed by atoms with Gasteiger partial charge >= 0.3 is 6.09 Å². The van der Waals surface area contributed by atoms with Gasteiger partial charge in [0.25, 0.3) is 5.56 Å². The van der Waals surface area contributed by atoms with Gasteiger partial charge in [-0.05, 0) is 36.1 Å². The van der Waals surface area contributed by atoms with E-state index in [0.717, 1.165) is 11.1 Å². The molecule has 1 amide bonds. The Morgan fingerprint density at radius 3 is 2.25 bits per heavy atom. The number of benzene rings is 3. The number of rotatable bonds is 14. The molecule has 3 aromatic carbocycles. The van der Waals surface area contributed by atoms with E-state index >= 15 is 0 Å². The summed E-state index contributed by atoms with van der Waals surface area (Å²) in [7, 11) is 0. The fraction of sp³-hybridized carbons (Fsp3) is 0.290. The fourth-order valence-electron chi connectivity index (χ4n) is 4.38. The molecule has 40 heavy (non-hydrogen) atoms. The van der Waals surface area contributed by atoms with Gasteiger partial charge in [-0.2, -0.15) is 0 Å². The number of nitrogens with one attached hydrogen (secondary N) is 1. The van der Waals surface area contributed by atoms with Gasteiger partial charge in [-0.3, -0.25) is 14.2 Å². The van der Waals surface area contributed by atoms with Gasteiger partial charge in [0.05, 0.1) is 42.5 Å². The summed E-state index contributed by atoms with van der Waals surface area (Å²) in [6, 6.07) is 25.0. The second-order valence-corrected chi connectivity index (χ2v) is 9.45. The third-order valence-electron chi connectivity index (χ3n) is 6.44. The monoisotopic (exact) mass is 543 g/mol. The number of carbonyl (C=O) groups is 2. The van der Waals surface area contributed by atoms with Gasteiger partial charge in [-0.1, -0.05) is 72.8 Å². The topological polar surface area (TPSA) is 120 Å². The highest BCUT2D eigenvalue weighted by atomic mass is 16.5. The number of ether oxygens (including phenoxy) is 2. The van der Waals surface area contributed by atoms with Crippen LogP contribution in [0.3, 0.4) is 0 Å². The molecule has 0 unspecified atom stereocenters. The minimum Gasteiger partial charge on any atom is -0.445 e. The molecular weight excluding hydrogens is 510 g/mol. The van der Waals surface area contributed by atoms with Gasteiger partial charge in [0.15, 0.2) is 5.78 Å². The van der Waals surface area contributed by atoms with Crippen LogP contribution in [0, 0.1) is 0 Å². The van der Waals surface area contributed by atoms with E-state index in [1.54, 1.807) is 24.3 Å². The van der Waals surface area contributed by atoms with E-state index in [1.165, 1.54) is 10.9 Å². The number of hydrogen-bond acceptors (Lipinski definition) is 7. The van der Waals surface area contributed by atoms with Gasteiger partial charge < -0.3 is 19.9 Å². The summed E-state index contributed by atoms with van der Waals surface area (Å²) in [5, 5.41) is 12.7. The first kappa shape index (κ1) is 28.7. The first-order valence-corrected chi connectivity index (χ1v) is 13.2. The number of ketones is 1. The van der Waals surface area contributed by atoms with Crippen LogP contribution in [0.5, 0.6) is 0 Å². The van der Waals surface area contributed by atoms with Crippen LogP contribution < -0.4 is 10.9 Å². The summed E-state index contributed by atoms with van der Waals surface area (Å²) in [5.74, 6) is -0.287. The van der Waals surface area contributed by atoms with Crippen molar-refractivity contribution in [2.45, 2.75) is 51.2 Å². The van der Waals surface area contributed by atoms with Gasteiger partial charge in [-0.15, -0.1) is 0 Å². The molecule has 0 bridgehead atoms. The molecule has 0 fully saturated rings. The third-order valence-corrected chi connectivity index (χ3v) is 6.44. The predicted molar refractivity (Wildman–Crippen MR) is 151 cm³/mol. The Hall–Kier alpha value is -4.34. The quantitative estimate of drug-likeness (QED) is 0.247. The molecule has 1 heterocycles. The van der Waals surface area contributed by atoms with Gasteiger partial charge in [0.2, 0.25) is 0 Å². The van der Waals surface area contributed by atoms with Crippen LogP contribution in [0.15, 0.2) is 96.1 Å². The Kier molecular flexibility index (Phi) is 10.5. The van der Waals surface area contributed by atoms with Crippen molar-refractivity contribution in [3.8, 4) is 0 Å². The molecule has 0 radical (unpaired) electrons. The van der Waals surface area contributed by atoms with E-state index in [2.05, 4.69) is 10.3 Å². The molecule has 4 aromatic rings. The summed E-state index contributed by atoms with van der Waals surface area (Å²) in [6.45, 7) is 0.0515. The van der Waals surface area contributed by atoms with E-state index in [4.69, 9.17) is 9.47 Å². The summed E-state index contributed by atoms with van der Waals surface area (Å²) >= 11 is 0. The number of aliphatic hydroxyl groups excluding tert-OH is 1. The minimum atomic E-state index is -0.754. The van der Waals surface area contributed by atoms with E-state index in [1.807, 2.05) is 60.7 Å². The van der Waals surface area contributed by atoms with Gasteiger partial charge in [-0.25, -0.2) is 9.78 Å². The van der Waals surface area contributed by atoms with E-state index < -0.39 is 18.2 Å².